The van der Waals surface area contributed by atoms with E-state index in [0.717, 1.165) is 5.82 Å². The minimum absolute atomic E-state index is 0.224. The van der Waals surface area contributed by atoms with Crippen LogP contribution in [0.4, 0.5) is 9.18 Å². The van der Waals surface area contributed by atoms with Crippen molar-refractivity contribution in [1.29, 1.82) is 0 Å². The molecule has 0 saturated carbocycles. The van der Waals surface area contributed by atoms with Gasteiger partial charge in [0.15, 0.2) is 0 Å². The van der Waals surface area contributed by atoms with Crippen LogP contribution in [0.15, 0.2) is 24.3 Å². The van der Waals surface area contributed by atoms with Crippen LogP contribution in [0.2, 0.25) is 0 Å². The Hall–Kier alpha value is -2.48. The van der Waals surface area contributed by atoms with Crippen LogP contribution in [-0.4, -0.2) is 45.4 Å². The minimum atomic E-state index is -0.569. The molecule has 2 atom stereocenters. The van der Waals surface area contributed by atoms with E-state index in [4.69, 9.17) is 4.74 Å². The highest BCUT2D eigenvalue weighted by Crippen LogP contribution is 2.23. The largest absolute Gasteiger partial charge is 0.375 e. The molecule has 3 rings (SSSR count). The standard InChI is InChI=1S/C17H22FN5O2/c1-11(16(25-3)13-6-4-5-7-14(13)18)19-17(24)22-8-9-23-15(10-22)20-12(2)21-23/h4-7,11,16H,8-10H2,1-3H3,(H,19,24)/t11-,16+/m1/s1. The van der Waals surface area contributed by atoms with Gasteiger partial charge in [0.1, 0.15) is 23.6 Å². The Kier molecular flexibility index (Phi) is 4.98. The van der Waals surface area contributed by atoms with Gasteiger partial charge in [-0.05, 0) is 19.9 Å². The first-order chi connectivity index (χ1) is 12.0. The minimum Gasteiger partial charge on any atom is -0.375 e. The second kappa shape index (κ2) is 7.18. The van der Waals surface area contributed by atoms with Crippen LogP contribution < -0.4 is 5.32 Å². The number of aromatic nitrogens is 3. The third-order valence-electron chi connectivity index (χ3n) is 4.33. The highest BCUT2D eigenvalue weighted by Gasteiger charge is 2.27. The molecule has 7 nitrogen and oxygen atoms in total. The van der Waals surface area contributed by atoms with Crippen molar-refractivity contribution < 1.29 is 13.9 Å². The van der Waals surface area contributed by atoms with E-state index in [2.05, 4.69) is 15.4 Å². The summed E-state index contributed by atoms with van der Waals surface area (Å²) in [6.07, 6.45) is -0.569. The Morgan fingerprint density at radius 2 is 2.12 bits per heavy atom. The maximum Gasteiger partial charge on any atom is 0.318 e. The lowest BCUT2D eigenvalue weighted by Gasteiger charge is -2.30. The third kappa shape index (κ3) is 3.63. The lowest BCUT2D eigenvalue weighted by atomic mass is 10.0. The molecule has 0 radical (unpaired) electrons. The Morgan fingerprint density at radius 3 is 2.84 bits per heavy atom. The molecule has 2 aromatic rings. The van der Waals surface area contributed by atoms with E-state index in [1.807, 2.05) is 11.6 Å². The summed E-state index contributed by atoms with van der Waals surface area (Å²) in [5, 5.41) is 7.18. The molecule has 1 aromatic heterocycles. The number of hydrogen-bond acceptors (Lipinski definition) is 4. The number of nitrogens with one attached hydrogen (secondary N) is 1. The summed E-state index contributed by atoms with van der Waals surface area (Å²) in [7, 11) is 1.51. The SMILES string of the molecule is CO[C@H](c1ccccc1F)[C@@H](C)NC(=O)N1CCn2nc(C)nc2C1. The van der Waals surface area contributed by atoms with E-state index in [1.54, 1.807) is 30.0 Å². The van der Waals surface area contributed by atoms with Gasteiger partial charge >= 0.3 is 6.03 Å². The number of amides is 2. The zero-order chi connectivity index (χ0) is 18.0. The van der Waals surface area contributed by atoms with Crippen LogP contribution in [0.3, 0.4) is 0 Å². The van der Waals surface area contributed by atoms with Crippen LogP contribution in [0, 0.1) is 12.7 Å². The van der Waals surface area contributed by atoms with Gasteiger partial charge in [0, 0.05) is 19.2 Å². The Morgan fingerprint density at radius 1 is 1.36 bits per heavy atom. The number of benzene rings is 1. The van der Waals surface area contributed by atoms with Crippen molar-refractivity contribution in [3.05, 3.63) is 47.3 Å². The van der Waals surface area contributed by atoms with Gasteiger partial charge in [-0.25, -0.2) is 18.9 Å². The summed E-state index contributed by atoms with van der Waals surface area (Å²) >= 11 is 0. The number of hydrogen-bond donors (Lipinski definition) is 1. The fourth-order valence-electron chi connectivity index (χ4n) is 3.10. The monoisotopic (exact) mass is 347 g/mol. The van der Waals surface area contributed by atoms with Gasteiger partial charge in [0.25, 0.3) is 0 Å². The Labute approximate surface area is 145 Å². The molecule has 134 valence electrons. The van der Waals surface area contributed by atoms with Crippen LogP contribution in [0.5, 0.6) is 0 Å². The molecule has 0 bridgehead atoms. The summed E-state index contributed by atoms with van der Waals surface area (Å²) in [6.45, 7) is 5.19. The van der Waals surface area contributed by atoms with Gasteiger partial charge in [-0.3, -0.25) is 0 Å². The zero-order valence-electron chi connectivity index (χ0n) is 14.6. The van der Waals surface area contributed by atoms with E-state index in [9.17, 15) is 9.18 Å². The van der Waals surface area contributed by atoms with Crippen LogP contribution in [0.25, 0.3) is 0 Å². The molecule has 1 N–H and O–H groups in total. The highest BCUT2D eigenvalue weighted by molar-refractivity contribution is 5.74. The molecule has 0 unspecified atom stereocenters. The number of carbonyl (C=O) groups is 1. The van der Waals surface area contributed by atoms with E-state index in [1.165, 1.54) is 13.2 Å². The van der Waals surface area contributed by atoms with Gasteiger partial charge in [-0.2, -0.15) is 5.10 Å². The number of urea groups is 1. The molecule has 1 aliphatic rings. The first kappa shape index (κ1) is 17.3. The predicted octanol–water partition coefficient (Wildman–Crippen LogP) is 2.03. The number of halogens is 1. The lowest BCUT2D eigenvalue weighted by molar-refractivity contribution is 0.0699. The molecule has 0 fully saturated rings. The lowest BCUT2D eigenvalue weighted by Crippen LogP contribution is -2.48. The van der Waals surface area contributed by atoms with E-state index in [0.29, 0.717) is 31.0 Å². The van der Waals surface area contributed by atoms with Crippen molar-refractivity contribution >= 4 is 6.03 Å². The highest BCUT2D eigenvalue weighted by atomic mass is 19.1. The normalized spacial score (nSPS) is 16.2. The van der Waals surface area contributed by atoms with Crippen molar-refractivity contribution in [3.8, 4) is 0 Å². The van der Waals surface area contributed by atoms with Crippen molar-refractivity contribution in [2.75, 3.05) is 13.7 Å². The van der Waals surface area contributed by atoms with E-state index >= 15 is 0 Å². The van der Waals surface area contributed by atoms with Crippen LogP contribution in [0.1, 0.15) is 30.2 Å². The second-order valence-electron chi connectivity index (χ2n) is 6.14. The second-order valence-corrected chi connectivity index (χ2v) is 6.14. The molecule has 1 aliphatic heterocycles. The maximum atomic E-state index is 14.0. The van der Waals surface area contributed by atoms with E-state index < -0.39 is 12.1 Å². The maximum absolute atomic E-state index is 14.0. The van der Waals surface area contributed by atoms with Crippen molar-refractivity contribution in [1.82, 2.24) is 25.0 Å². The summed E-state index contributed by atoms with van der Waals surface area (Å²) in [5.41, 5.74) is 0.423. The van der Waals surface area contributed by atoms with Crippen molar-refractivity contribution in [2.24, 2.45) is 0 Å². The number of rotatable bonds is 4. The van der Waals surface area contributed by atoms with Crippen molar-refractivity contribution in [3.63, 3.8) is 0 Å². The smallest absolute Gasteiger partial charge is 0.318 e. The number of fused-ring (bicyclic) bond motifs is 1. The van der Waals surface area contributed by atoms with Gasteiger partial charge < -0.3 is 15.0 Å². The van der Waals surface area contributed by atoms with E-state index in [-0.39, 0.29) is 11.8 Å². The van der Waals surface area contributed by atoms with Crippen molar-refractivity contribution in [2.45, 2.75) is 39.1 Å². The molecule has 25 heavy (non-hydrogen) atoms. The van der Waals surface area contributed by atoms with Crippen LogP contribution >= 0.6 is 0 Å². The molecule has 0 saturated heterocycles. The molecular weight excluding hydrogens is 325 g/mol. The van der Waals surface area contributed by atoms with Crippen LogP contribution in [-0.2, 0) is 17.8 Å². The third-order valence-corrected chi connectivity index (χ3v) is 4.33. The fraction of sp³-hybridized carbons (Fsp3) is 0.471. The average Bonchev–Trinajstić information content (AvgIpc) is 2.96. The van der Waals surface area contributed by atoms with Gasteiger partial charge in [-0.1, -0.05) is 18.2 Å². The van der Waals surface area contributed by atoms with Gasteiger partial charge in [-0.15, -0.1) is 0 Å². The quantitative estimate of drug-likeness (QED) is 0.918. The fourth-order valence-corrected chi connectivity index (χ4v) is 3.10. The molecule has 8 heteroatoms. The first-order valence-electron chi connectivity index (χ1n) is 8.22. The summed E-state index contributed by atoms with van der Waals surface area (Å²) < 4.78 is 21.3. The molecule has 0 spiro atoms. The molecule has 2 amide bonds. The number of ether oxygens (including phenoxy) is 1. The van der Waals surface area contributed by atoms with Gasteiger partial charge in [0.05, 0.1) is 19.1 Å². The zero-order valence-corrected chi connectivity index (χ0v) is 14.6. The molecular formula is C17H22FN5O2. The number of carbonyl (C=O) groups excluding carboxylic acids is 1. The Bertz CT molecular complexity index is 763. The van der Waals surface area contributed by atoms with Gasteiger partial charge in [0.2, 0.25) is 0 Å². The Balaban J connectivity index is 1.67. The molecule has 0 aliphatic carbocycles. The number of methoxy groups -OCH3 is 1. The summed E-state index contributed by atoms with van der Waals surface area (Å²) in [5.74, 6) is 1.12. The first-order valence-corrected chi connectivity index (χ1v) is 8.22. The number of aryl methyl sites for hydroxylation is 1. The number of nitrogens with zero attached hydrogens (tertiary/aromatic N) is 4. The summed E-state index contributed by atoms with van der Waals surface area (Å²) in [4.78, 5) is 18.6. The molecule has 2 heterocycles. The topological polar surface area (TPSA) is 72.3 Å². The predicted molar refractivity (Wildman–Crippen MR) is 89.3 cm³/mol. The summed E-state index contributed by atoms with van der Waals surface area (Å²) in [6, 6.07) is 5.81. The molecule has 1 aromatic carbocycles. The average molecular weight is 347 g/mol.